The summed E-state index contributed by atoms with van der Waals surface area (Å²) in [6.07, 6.45) is 2.08. The first-order valence-corrected chi connectivity index (χ1v) is 5.90. The van der Waals surface area contributed by atoms with Crippen molar-refractivity contribution < 1.29 is 4.79 Å². The molecule has 1 aromatic carbocycles. The number of benzene rings is 1. The van der Waals surface area contributed by atoms with Crippen molar-refractivity contribution in [3.05, 3.63) is 35.7 Å². The van der Waals surface area contributed by atoms with E-state index in [-0.39, 0.29) is 11.7 Å². The lowest BCUT2D eigenvalue weighted by atomic mass is 10.2. The van der Waals surface area contributed by atoms with E-state index in [1.807, 2.05) is 31.2 Å². The monoisotopic (exact) mass is 243 g/mol. The second-order valence-corrected chi connectivity index (χ2v) is 4.49. The molecule has 2 aromatic rings. The number of aromatic nitrogens is 4. The number of aryl methyl sites for hydroxylation is 1. The van der Waals surface area contributed by atoms with E-state index in [1.165, 1.54) is 4.80 Å². The van der Waals surface area contributed by atoms with Crippen molar-refractivity contribution in [3.8, 4) is 5.69 Å². The highest BCUT2D eigenvalue weighted by atomic mass is 16.2. The molecule has 1 saturated carbocycles. The molecule has 1 aromatic heterocycles. The zero-order valence-electron chi connectivity index (χ0n) is 10.00. The molecule has 0 atom stereocenters. The van der Waals surface area contributed by atoms with Gasteiger partial charge in [-0.2, -0.15) is 0 Å². The number of tetrazole rings is 1. The van der Waals surface area contributed by atoms with Crippen LogP contribution in [0.3, 0.4) is 0 Å². The summed E-state index contributed by atoms with van der Waals surface area (Å²) in [7, 11) is 0. The highest BCUT2D eigenvalue weighted by Gasteiger charge is 2.25. The van der Waals surface area contributed by atoms with Crippen LogP contribution in [0.4, 0.5) is 0 Å². The van der Waals surface area contributed by atoms with Crippen LogP contribution in [0.5, 0.6) is 0 Å². The SMILES string of the molecule is Cc1ccc(-n2nnc(C(=O)NC3CC3)n2)cc1. The van der Waals surface area contributed by atoms with Gasteiger partial charge in [0.1, 0.15) is 0 Å². The van der Waals surface area contributed by atoms with Gasteiger partial charge in [0.25, 0.3) is 11.7 Å². The quantitative estimate of drug-likeness (QED) is 0.867. The lowest BCUT2D eigenvalue weighted by Gasteiger charge is -1.98. The number of amides is 1. The average Bonchev–Trinajstić information content (AvgIpc) is 3.04. The summed E-state index contributed by atoms with van der Waals surface area (Å²) in [4.78, 5) is 13.1. The van der Waals surface area contributed by atoms with Gasteiger partial charge in [-0.25, -0.2) is 0 Å². The van der Waals surface area contributed by atoms with Crippen LogP contribution in [-0.2, 0) is 0 Å². The summed E-state index contributed by atoms with van der Waals surface area (Å²) in [6.45, 7) is 2.01. The maximum atomic E-state index is 11.7. The fourth-order valence-corrected chi connectivity index (χ4v) is 1.57. The maximum absolute atomic E-state index is 11.7. The summed E-state index contributed by atoms with van der Waals surface area (Å²) in [6, 6.07) is 7.99. The minimum absolute atomic E-state index is 0.113. The lowest BCUT2D eigenvalue weighted by Crippen LogP contribution is -2.26. The van der Waals surface area contributed by atoms with Crippen molar-refractivity contribution in [1.29, 1.82) is 0 Å². The van der Waals surface area contributed by atoms with Crippen molar-refractivity contribution >= 4 is 5.91 Å². The molecule has 3 rings (SSSR count). The average molecular weight is 243 g/mol. The van der Waals surface area contributed by atoms with Crippen molar-refractivity contribution in [2.24, 2.45) is 0 Å². The molecule has 6 nitrogen and oxygen atoms in total. The van der Waals surface area contributed by atoms with Crippen LogP contribution in [0, 0.1) is 6.92 Å². The van der Waals surface area contributed by atoms with Crippen molar-refractivity contribution in [3.63, 3.8) is 0 Å². The largest absolute Gasteiger partial charge is 0.346 e. The second-order valence-electron chi connectivity index (χ2n) is 4.49. The summed E-state index contributed by atoms with van der Waals surface area (Å²) in [5.41, 5.74) is 1.95. The van der Waals surface area contributed by atoms with Gasteiger partial charge in [0.2, 0.25) is 0 Å². The minimum Gasteiger partial charge on any atom is -0.346 e. The number of hydrogen-bond acceptors (Lipinski definition) is 4. The zero-order chi connectivity index (χ0) is 12.5. The molecule has 0 aliphatic heterocycles. The molecular formula is C12H13N5O. The number of nitrogens with zero attached hydrogens (tertiary/aromatic N) is 4. The Bertz CT molecular complexity index is 570. The van der Waals surface area contributed by atoms with E-state index in [0.29, 0.717) is 6.04 Å². The molecule has 92 valence electrons. The Hall–Kier alpha value is -2.24. The highest BCUT2D eigenvalue weighted by molar-refractivity contribution is 5.90. The van der Waals surface area contributed by atoms with Crippen LogP contribution >= 0.6 is 0 Å². The van der Waals surface area contributed by atoms with Gasteiger partial charge in [-0.1, -0.05) is 17.7 Å². The highest BCUT2D eigenvalue weighted by Crippen LogP contribution is 2.18. The predicted molar refractivity (Wildman–Crippen MR) is 64.4 cm³/mol. The van der Waals surface area contributed by atoms with E-state index in [9.17, 15) is 4.79 Å². The molecular weight excluding hydrogens is 230 g/mol. The van der Waals surface area contributed by atoms with Gasteiger partial charge in [-0.05, 0) is 37.1 Å². The zero-order valence-corrected chi connectivity index (χ0v) is 10.00. The third-order valence-electron chi connectivity index (χ3n) is 2.79. The first kappa shape index (κ1) is 10.9. The normalized spacial score (nSPS) is 14.5. The summed E-state index contributed by atoms with van der Waals surface area (Å²) < 4.78 is 0. The topological polar surface area (TPSA) is 72.7 Å². The number of hydrogen-bond donors (Lipinski definition) is 1. The molecule has 1 aliphatic carbocycles. The van der Waals surface area contributed by atoms with Gasteiger partial charge < -0.3 is 5.32 Å². The Morgan fingerprint density at radius 1 is 1.33 bits per heavy atom. The molecule has 1 heterocycles. The first-order valence-electron chi connectivity index (χ1n) is 5.90. The van der Waals surface area contributed by atoms with E-state index in [0.717, 1.165) is 24.1 Å². The smallest absolute Gasteiger partial charge is 0.293 e. The van der Waals surface area contributed by atoms with Crippen molar-refractivity contribution in [2.75, 3.05) is 0 Å². The minimum atomic E-state index is -0.254. The Balaban J connectivity index is 1.79. The van der Waals surface area contributed by atoms with E-state index >= 15 is 0 Å². The number of carbonyl (C=O) groups is 1. The third kappa shape index (κ3) is 2.22. The van der Waals surface area contributed by atoms with Gasteiger partial charge in [0.15, 0.2) is 0 Å². The third-order valence-corrected chi connectivity index (χ3v) is 2.79. The van der Waals surface area contributed by atoms with Gasteiger partial charge in [0, 0.05) is 6.04 Å². The fraction of sp³-hybridized carbons (Fsp3) is 0.333. The van der Waals surface area contributed by atoms with Gasteiger partial charge in [0.05, 0.1) is 5.69 Å². The first-order chi connectivity index (χ1) is 8.72. The molecule has 18 heavy (non-hydrogen) atoms. The van der Waals surface area contributed by atoms with Crippen LogP contribution in [0.1, 0.15) is 29.0 Å². The van der Waals surface area contributed by atoms with Crippen LogP contribution in [0.15, 0.2) is 24.3 Å². The van der Waals surface area contributed by atoms with E-state index in [2.05, 4.69) is 20.7 Å². The molecule has 0 spiro atoms. The molecule has 1 N–H and O–H groups in total. The maximum Gasteiger partial charge on any atom is 0.293 e. The molecule has 6 heteroatoms. The lowest BCUT2D eigenvalue weighted by molar-refractivity contribution is 0.0940. The predicted octanol–water partition coefficient (Wildman–Crippen LogP) is 0.863. The van der Waals surface area contributed by atoms with Crippen LogP contribution < -0.4 is 5.32 Å². The Morgan fingerprint density at radius 2 is 2.06 bits per heavy atom. The fourth-order valence-electron chi connectivity index (χ4n) is 1.57. The van der Waals surface area contributed by atoms with Crippen LogP contribution in [-0.4, -0.2) is 32.2 Å². The molecule has 1 aliphatic rings. The number of carbonyl (C=O) groups excluding carboxylic acids is 1. The van der Waals surface area contributed by atoms with E-state index < -0.39 is 0 Å². The number of nitrogens with one attached hydrogen (secondary N) is 1. The Morgan fingerprint density at radius 3 is 2.72 bits per heavy atom. The molecule has 0 unspecified atom stereocenters. The van der Waals surface area contributed by atoms with Gasteiger partial charge in [-0.15, -0.1) is 15.0 Å². The van der Waals surface area contributed by atoms with E-state index in [1.54, 1.807) is 0 Å². The second kappa shape index (κ2) is 4.21. The van der Waals surface area contributed by atoms with Crippen LogP contribution in [0.25, 0.3) is 5.69 Å². The van der Waals surface area contributed by atoms with E-state index in [4.69, 9.17) is 0 Å². The molecule has 0 bridgehead atoms. The van der Waals surface area contributed by atoms with Crippen molar-refractivity contribution in [1.82, 2.24) is 25.5 Å². The van der Waals surface area contributed by atoms with Gasteiger partial charge in [-0.3, -0.25) is 4.79 Å². The van der Waals surface area contributed by atoms with Crippen LogP contribution in [0.2, 0.25) is 0 Å². The molecule has 1 amide bonds. The Labute approximate surface area is 104 Å². The molecule has 0 saturated heterocycles. The summed E-state index contributed by atoms with van der Waals surface area (Å²) >= 11 is 0. The Kier molecular flexibility index (Phi) is 2.55. The van der Waals surface area contributed by atoms with Crippen molar-refractivity contribution in [2.45, 2.75) is 25.8 Å². The molecule has 1 fully saturated rings. The summed E-state index contributed by atoms with van der Waals surface area (Å²) in [5, 5.41) is 14.5. The van der Waals surface area contributed by atoms with Gasteiger partial charge >= 0.3 is 0 Å². The standard InChI is InChI=1S/C12H13N5O/c1-8-2-6-10(7-3-8)17-15-11(14-16-17)12(18)13-9-4-5-9/h2-3,6-7,9H,4-5H2,1H3,(H,13,18). The molecule has 0 radical (unpaired) electrons. The number of rotatable bonds is 3. The summed E-state index contributed by atoms with van der Waals surface area (Å²) in [5.74, 6) is -0.140.